The van der Waals surface area contributed by atoms with Crippen molar-refractivity contribution in [1.29, 1.82) is 0 Å². The molecule has 0 saturated carbocycles. The lowest BCUT2D eigenvalue weighted by molar-refractivity contribution is -0.123. The average molecular weight is 401 g/mol. The Morgan fingerprint density at radius 1 is 1.31 bits per heavy atom. The molecule has 3 rings (SSSR count). The van der Waals surface area contributed by atoms with E-state index in [2.05, 4.69) is 4.18 Å². The Balaban J connectivity index is 1.97. The Morgan fingerprint density at radius 3 is 2.69 bits per heavy atom. The molecular formula is C17H13ClFNO5S. The predicted molar refractivity (Wildman–Crippen MR) is 91.6 cm³/mol. The fourth-order valence-corrected chi connectivity index (χ4v) is 3.17. The molecule has 1 aliphatic rings. The number of Topliss-reactive ketones (excluding diaryl/α,β-unsaturated/α-hetero) is 1. The highest BCUT2D eigenvalue weighted by atomic mass is 35.5. The van der Waals surface area contributed by atoms with Crippen LogP contribution < -0.4 is 5.73 Å². The molecule has 0 aromatic heterocycles. The van der Waals surface area contributed by atoms with E-state index in [-0.39, 0.29) is 10.6 Å². The van der Waals surface area contributed by atoms with Crippen molar-refractivity contribution < 1.29 is 30.6 Å². The SMILES string of the molecule is [2H]C1(c2cc(F)ccc2Cl)OC(N)=C(OS(=O)(=O)C([2H])([2H])c2ccccc2)C1=O. The maximum absolute atomic E-state index is 13.6. The number of benzene rings is 2. The third kappa shape index (κ3) is 3.81. The molecule has 26 heavy (non-hydrogen) atoms. The minimum absolute atomic E-state index is 0.203. The van der Waals surface area contributed by atoms with Gasteiger partial charge in [0.25, 0.3) is 0 Å². The molecule has 0 bridgehead atoms. The van der Waals surface area contributed by atoms with E-state index in [0.29, 0.717) is 0 Å². The first-order valence-electron chi connectivity index (χ1n) is 8.59. The number of nitrogens with two attached hydrogens (primary N) is 1. The van der Waals surface area contributed by atoms with Crippen LogP contribution in [0.3, 0.4) is 0 Å². The van der Waals surface area contributed by atoms with E-state index in [1.54, 1.807) is 6.07 Å². The summed E-state index contributed by atoms with van der Waals surface area (Å²) in [5.41, 5.74) is 1.80. The number of ketones is 1. The van der Waals surface area contributed by atoms with Gasteiger partial charge in [-0.25, -0.2) is 4.39 Å². The minimum Gasteiger partial charge on any atom is -0.460 e. The first-order valence-corrected chi connectivity index (χ1v) is 8.87. The van der Waals surface area contributed by atoms with Crippen molar-refractivity contribution >= 4 is 27.5 Å². The number of ether oxygens (including phenoxy) is 1. The molecule has 1 aliphatic heterocycles. The third-order valence-electron chi connectivity index (χ3n) is 3.23. The zero-order valence-electron chi connectivity index (χ0n) is 15.9. The molecule has 0 saturated heterocycles. The smallest absolute Gasteiger partial charge is 0.313 e. The van der Waals surface area contributed by atoms with Gasteiger partial charge in [-0.2, -0.15) is 8.42 Å². The van der Waals surface area contributed by atoms with E-state index >= 15 is 0 Å². The standard InChI is InChI=1S/C17H13ClFNO5S/c18-13-7-6-11(19)8-12(13)15-14(21)16(17(20)24-15)25-26(22,23)9-10-4-2-1-3-5-10/h1-8,15H,9,20H2/i9D2,15D. The zero-order valence-corrected chi connectivity index (χ0v) is 14.5. The number of carbonyl (C=O) groups is 1. The number of hydrogen-bond acceptors (Lipinski definition) is 6. The topological polar surface area (TPSA) is 95.7 Å². The lowest BCUT2D eigenvalue weighted by Gasteiger charge is -2.11. The zero-order chi connectivity index (χ0) is 21.6. The first kappa shape index (κ1) is 14.6. The van der Waals surface area contributed by atoms with Crippen LogP contribution in [0.1, 0.15) is 21.3 Å². The van der Waals surface area contributed by atoms with Gasteiger partial charge >= 0.3 is 10.1 Å². The highest BCUT2D eigenvalue weighted by molar-refractivity contribution is 7.86. The number of rotatable bonds is 5. The molecule has 2 aromatic rings. The Hall–Kier alpha value is -2.58. The van der Waals surface area contributed by atoms with Gasteiger partial charge in [0.2, 0.25) is 17.4 Å². The molecule has 136 valence electrons. The molecule has 1 heterocycles. The highest BCUT2D eigenvalue weighted by Crippen LogP contribution is 2.36. The van der Waals surface area contributed by atoms with Crippen LogP contribution >= 0.6 is 11.6 Å². The summed E-state index contributed by atoms with van der Waals surface area (Å²) < 4.78 is 72.3. The van der Waals surface area contributed by atoms with Crippen LogP contribution in [0.25, 0.3) is 0 Å². The van der Waals surface area contributed by atoms with Gasteiger partial charge in [0.05, 0.1) is 4.11 Å². The first-order chi connectivity index (χ1) is 13.4. The Labute approximate surface area is 158 Å². The summed E-state index contributed by atoms with van der Waals surface area (Å²) in [4.78, 5) is 12.7. The molecule has 6 nitrogen and oxygen atoms in total. The van der Waals surface area contributed by atoms with Crippen molar-refractivity contribution in [2.24, 2.45) is 5.73 Å². The van der Waals surface area contributed by atoms with Crippen LogP contribution in [0.2, 0.25) is 5.02 Å². The molecular weight excluding hydrogens is 385 g/mol. The molecule has 0 aliphatic carbocycles. The van der Waals surface area contributed by atoms with Gasteiger partial charge in [-0.3, -0.25) is 4.79 Å². The van der Waals surface area contributed by atoms with Crippen molar-refractivity contribution in [3.8, 4) is 0 Å². The largest absolute Gasteiger partial charge is 0.460 e. The van der Waals surface area contributed by atoms with Gasteiger partial charge in [0.15, 0.2) is 6.08 Å². The fourth-order valence-electron chi connectivity index (χ4n) is 2.13. The fraction of sp³-hybridized carbons (Fsp3) is 0.118. The molecule has 2 aromatic carbocycles. The van der Waals surface area contributed by atoms with Crippen molar-refractivity contribution in [3.63, 3.8) is 0 Å². The lowest BCUT2D eigenvalue weighted by atomic mass is 10.1. The maximum atomic E-state index is 13.6. The second-order valence-corrected chi connectivity index (χ2v) is 6.77. The molecule has 0 radical (unpaired) electrons. The van der Waals surface area contributed by atoms with Crippen LogP contribution in [0.15, 0.2) is 60.2 Å². The predicted octanol–water partition coefficient (Wildman–Crippen LogP) is 2.79. The third-order valence-corrected chi connectivity index (χ3v) is 4.43. The van der Waals surface area contributed by atoms with Crippen molar-refractivity contribution in [1.82, 2.24) is 0 Å². The second kappa shape index (κ2) is 6.97. The Bertz CT molecular complexity index is 1130. The maximum Gasteiger partial charge on any atom is 0.313 e. The molecule has 0 spiro atoms. The van der Waals surface area contributed by atoms with Crippen molar-refractivity contribution in [2.45, 2.75) is 11.8 Å². The summed E-state index contributed by atoms with van der Waals surface area (Å²) in [6, 6.07) is 9.66. The summed E-state index contributed by atoms with van der Waals surface area (Å²) in [5.74, 6) is -4.18. The lowest BCUT2D eigenvalue weighted by Crippen LogP contribution is -2.16. The van der Waals surface area contributed by atoms with Crippen LogP contribution in [-0.2, 0) is 29.5 Å². The van der Waals surface area contributed by atoms with Crippen LogP contribution in [0, 0.1) is 5.82 Å². The van der Waals surface area contributed by atoms with Gasteiger partial charge in [0, 0.05) is 10.6 Å². The van der Waals surface area contributed by atoms with Crippen LogP contribution in [0.5, 0.6) is 0 Å². The van der Waals surface area contributed by atoms with Gasteiger partial charge in [-0.05, 0) is 23.8 Å². The van der Waals surface area contributed by atoms with Crippen molar-refractivity contribution in [2.75, 3.05) is 0 Å². The summed E-state index contributed by atoms with van der Waals surface area (Å²) in [6.45, 7) is 0. The summed E-state index contributed by atoms with van der Waals surface area (Å²) in [6.07, 6.45) is -2.70. The quantitative estimate of drug-likeness (QED) is 0.775. The molecule has 0 fully saturated rings. The Kier molecular flexibility index (Phi) is 3.91. The van der Waals surface area contributed by atoms with Gasteiger partial charge in [-0.15, -0.1) is 0 Å². The van der Waals surface area contributed by atoms with Gasteiger partial charge in [0.1, 0.15) is 11.5 Å². The van der Waals surface area contributed by atoms with E-state index in [4.69, 9.17) is 26.2 Å². The number of halogens is 2. The van der Waals surface area contributed by atoms with Crippen molar-refractivity contribution in [3.05, 3.63) is 82.1 Å². The Morgan fingerprint density at radius 2 is 2.00 bits per heavy atom. The molecule has 0 amide bonds. The monoisotopic (exact) mass is 400 g/mol. The number of carbonyl (C=O) groups excluding carboxylic acids is 1. The van der Waals surface area contributed by atoms with E-state index in [9.17, 15) is 17.6 Å². The van der Waals surface area contributed by atoms with Crippen LogP contribution in [0.4, 0.5) is 4.39 Å². The molecule has 9 heteroatoms. The summed E-state index contributed by atoms with van der Waals surface area (Å²) in [5, 5.41) is -0.203. The highest BCUT2D eigenvalue weighted by Gasteiger charge is 2.40. The van der Waals surface area contributed by atoms with Gasteiger partial charge < -0.3 is 14.7 Å². The van der Waals surface area contributed by atoms with E-state index < -0.39 is 50.7 Å². The normalized spacial score (nSPS) is 22.4. The number of hydrogen-bond donors (Lipinski definition) is 1. The minimum atomic E-state index is -5.11. The van der Waals surface area contributed by atoms with E-state index in [1.165, 1.54) is 24.3 Å². The second-order valence-electron chi connectivity index (χ2n) is 5.08. The molecule has 1 atom stereocenters. The summed E-state index contributed by atoms with van der Waals surface area (Å²) >= 11 is 5.92. The summed E-state index contributed by atoms with van der Waals surface area (Å²) in [7, 11) is -5.11. The van der Waals surface area contributed by atoms with E-state index in [1.807, 2.05) is 0 Å². The molecule has 1 unspecified atom stereocenters. The van der Waals surface area contributed by atoms with Crippen LogP contribution in [-0.4, -0.2) is 14.2 Å². The van der Waals surface area contributed by atoms with E-state index in [0.717, 1.165) is 18.2 Å². The molecule has 2 N–H and O–H groups in total. The average Bonchev–Trinajstić information content (AvgIpc) is 2.88. The van der Waals surface area contributed by atoms with Gasteiger partial charge in [-0.1, -0.05) is 41.9 Å².